The van der Waals surface area contributed by atoms with Crippen molar-refractivity contribution in [1.82, 2.24) is 20.7 Å². The molecular weight excluding hydrogens is 344 g/mol. The van der Waals surface area contributed by atoms with Crippen molar-refractivity contribution in [2.24, 2.45) is 5.92 Å². The second kappa shape index (κ2) is 8.77. The molecule has 1 aliphatic heterocycles. The predicted molar refractivity (Wildman–Crippen MR) is 107 cm³/mol. The van der Waals surface area contributed by atoms with Crippen LogP contribution in [0.5, 0.6) is 0 Å². The molecular formula is C20H28N4OS. The monoisotopic (exact) mass is 372 g/mol. The number of nitrogens with zero attached hydrogens (tertiary/aromatic N) is 2. The first-order valence-corrected chi connectivity index (χ1v) is 9.88. The van der Waals surface area contributed by atoms with Gasteiger partial charge in [0.1, 0.15) is 0 Å². The number of hydrogen-bond acceptors (Lipinski definition) is 5. The summed E-state index contributed by atoms with van der Waals surface area (Å²) >= 11 is 1.77. The molecule has 1 aromatic carbocycles. The first-order valence-electron chi connectivity index (χ1n) is 9.07. The molecule has 5 nitrogen and oxygen atoms in total. The highest BCUT2D eigenvalue weighted by atomic mass is 32.1. The summed E-state index contributed by atoms with van der Waals surface area (Å²) in [7, 11) is 4.09. The van der Waals surface area contributed by atoms with Crippen LogP contribution in [-0.4, -0.2) is 49.4 Å². The highest BCUT2D eigenvalue weighted by molar-refractivity contribution is 7.11. The second-order valence-electron chi connectivity index (χ2n) is 7.10. The van der Waals surface area contributed by atoms with Crippen LogP contribution in [0.25, 0.3) is 0 Å². The van der Waals surface area contributed by atoms with Gasteiger partial charge in [0.2, 0.25) is 5.91 Å². The largest absolute Gasteiger partial charge is 0.336 e. The van der Waals surface area contributed by atoms with Gasteiger partial charge in [-0.1, -0.05) is 30.3 Å². The lowest BCUT2D eigenvalue weighted by molar-refractivity contribution is -0.136. The van der Waals surface area contributed by atoms with Crippen molar-refractivity contribution >= 4 is 17.2 Å². The number of carbonyl (C=O) groups is 1. The van der Waals surface area contributed by atoms with Crippen LogP contribution >= 0.6 is 11.3 Å². The van der Waals surface area contributed by atoms with Gasteiger partial charge in [-0.05, 0) is 38.7 Å². The van der Waals surface area contributed by atoms with Gasteiger partial charge in [-0.3, -0.25) is 10.2 Å². The zero-order valence-corrected chi connectivity index (χ0v) is 16.6. The van der Waals surface area contributed by atoms with Gasteiger partial charge in [0.15, 0.2) is 0 Å². The number of thiophene rings is 1. The number of carbonyl (C=O) groups excluding carboxylic acids is 1. The van der Waals surface area contributed by atoms with Crippen molar-refractivity contribution in [2.75, 3.05) is 33.7 Å². The van der Waals surface area contributed by atoms with E-state index >= 15 is 0 Å². The molecule has 2 heterocycles. The normalized spacial score (nSPS) is 19.8. The van der Waals surface area contributed by atoms with E-state index in [2.05, 4.69) is 46.9 Å². The molecule has 140 valence electrons. The number of hydrazine groups is 1. The molecule has 1 aromatic heterocycles. The van der Waals surface area contributed by atoms with Gasteiger partial charge < -0.3 is 9.80 Å². The maximum atomic E-state index is 13.4. The minimum absolute atomic E-state index is 0.00984. The van der Waals surface area contributed by atoms with E-state index in [0.29, 0.717) is 13.1 Å². The molecule has 0 aliphatic carbocycles. The molecule has 0 saturated carbocycles. The molecule has 0 radical (unpaired) electrons. The zero-order chi connectivity index (χ0) is 18.5. The van der Waals surface area contributed by atoms with Crippen LogP contribution in [0.2, 0.25) is 0 Å². The topological polar surface area (TPSA) is 47.6 Å². The van der Waals surface area contributed by atoms with Gasteiger partial charge in [-0.25, -0.2) is 5.43 Å². The molecule has 1 fully saturated rings. The van der Waals surface area contributed by atoms with Crippen LogP contribution in [0.3, 0.4) is 0 Å². The van der Waals surface area contributed by atoms with Crippen molar-refractivity contribution < 1.29 is 4.79 Å². The minimum Gasteiger partial charge on any atom is -0.336 e. The summed E-state index contributed by atoms with van der Waals surface area (Å²) in [5, 5.41) is 0. The smallest absolute Gasteiger partial charge is 0.229 e. The number of rotatable bonds is 7. The lowest BCUT2D eigenvalue weighted by Crippen LogP contribution is -2.41. The number of likely N-dealkylation sites (N-methyl/N-ethyl adjacent to an activating group) is 1. The van der Waals surface area contributed by atoms with Crippen LogP contribution < -0.4 is 10.9 Å². The van der Waals surface area contributed by atoms with Crippen LogP contribution in [0.1, 0.15) is 21.4 Å². The number of hydrogen-bond donors (Lipinski definition) is 2. The summed E-state index contributed by atoms with van der Waals surface area (Å²) in [4.78, 5) is 20.0. The maximum absolute atomic E-state index is 13.4. The second-order valence-corrected chi connectivity index (χ2v) is 8.47. The van der Waals surface area contributed by atoms with Crippen LogP contribution in [0.15, 0.2) is 42.5 Å². The van der Waals surface area contributed by atoms with E-state index in [1.165, 1.54) is 9.75 Å². The Bertz CT molecular complexity index is 716. The molecule has 0 bridgehead atoms. The molecule has 1 amide bonds. The SMILES string of the molecule is Cc1ccc(CN(CCN(C)C)C(=O)C2CNNC2c2ccccc2)s1. The Morgan fingerprint density at radius 3 is 2.58 bits per heavy atom. The van der Waals surface area contributed by atoms with E-state index < -0.39 is 0 Å². The van der Waals surface area contributed by atoms with E-state index in [9.17, 15) is 4.79 Å². The Labute approximate surface area is 160 Å². The molecule has 26 heavy (non-hydrogen) atoms. The Hall–Kier alpha value is -1.73. The summed E-state index contributed by atoms with van der Waals surface area (Å²) in [6, 6.07) is 14.5. The molecule has 2 N–H and O–H groups in total. The standard InChI is InChI=1S/C20H28N4OS/c1-15-9-10-17(26-15)14-24(12-11-23(2)3)20(25)18-13-21-22-19(18)16-7-5-4-6-8-16/h4-10,18-19,21-22H,11-14H2,1-3H3. The van der Waals surface area contributed by atoms with Crippen molar-refractivity contribution in [2.45, 2.75) is 19.5 Å². The van der Waals surface area contributed by atoms with Gasteiger partial charge in [0.05, 0.1) is 18.5 Å². The third-order valence-corrected chi connectivity index (χ3v) is 5.71. The summed E-state index contributed by atoms with van der Waals surface area (Å²) in [5.74, 6) is 0.116. The molecule has 2 atom stereocenters. The Morgan fingerprint density at radius 2 is 1.92 bits per heavy atom. The molecule has 1 aliphatic rings. The average Bonchev–Trinajstić information content (AvgIpc) is 3.27. The average molecular weight is 373 g/mol. The molecule has 2 aromatic rings. The third kappa shape index (κ3) is 4.71. The van der Waals surface area contributed by atoms with Crippen molar-refractivity contribution in [3.63, 3.8) is 0 Å². The molecule has 6 heteroatoms. The Morgan fingerprint density at radius 1 is 1.15 bits per heavy atom. The van der Waals surface area contributed by atoms with Crippen LogP contribution in [-0.2, 0) is 11.3 Å². The fourth-order valence-electron chi connectivity index (χ4n) is 3.28. The van der Waals surface area contributed by atoms with E-state index in [1.807, 2.05) is 37.2 Å². The Balaban J connectivity index is 1.76. The lowest BCUT2D eigenvalue weighted by atomic mass is 9.93. The fraction of sp³-hybridized carbons (Fsp3) is 0.450. The molecule has 0 spiro atoms. The lowest BCUT2D eigenvalue weighted by Gasteiger charge is -2.28. The van der Waals surface area contributed by atoms with Crippen LogP contribution in [0.4, 0.5) is 0 Å². The van der Waals surface area contributed by atoms with Crippen molar-refractivity contribution in [1.29, 1.82) is 0 Å². The van der Waals surface area contributed by atoms with Crippen molar-refractivity contribution in [3.05, 3.63) is 57.8 Å². The number of benzene rings is 1. The molecule has 1 saturated heterocycles. The Kier molecular flexibility index (Phi) is 6.43. The van der Waals surface area contributed by atoms with Crippen molar-refractivity contribution in [3.8, 4) is 0 Å². The summed E-state index contributed by atoms with van der Waals surface area (Å²) in [6.07, 6.45) is 0. The summed E-state index contributed by atoms with van der Waals surface area (Å²) < 4.78 is 0. The minimum atomic E-state index is -0.0966. The molecule has 3 rings (SSSR count). The summed E-state index contributed by atoms with van der Waals surface area (Å²) in [6.45, 7) is 5.04. The first kappa shape index (κ1) is 19.0. The van der Waals surface area contributed by atoms with Gasteiger partial charge in [0, 0.05) is 29.4 Å². The number of aryl methyl sites for hydroxylation is 1. The quantitative estimate of drug-likeness (QED) is 0.784. The molecule has 2 unspecified atom stereocenters. The van der Waals surface area contributed by atoms with Gasteiger partial charge in [-0.15, -0.1) is 11.3 Å². The summed E-state index contributed by atoms with van der Waals surface area (Å²) in [5.41, 5.74) is 7.62. The first-order chi connectivity index (χ1) is 12.5. The van der Waals surface area contributed by atoms with E-state index in [1.54, 1.807) is 11.3 Å². The van der Waals surface area contributed by atoms with Gasteiger partial charge in [0.25, 0.3) is 0 Å². The van der Waals surface area contributed by atoms with E-state index in [-0.39, 0.29) is 17.9 Å². The fourth-order valence-corrected chi connectivity index (χ4v) is 4.19. The number of nitrogens with one attached hydrogen (secondary N) is 2. The van der Waals surface area contributed by atoms with Crippen LogP contribution in [0, 0.1) is 12.8 Å². The highest BCUT2D eigenvalue weighted by Gasteiger charge is 2.36. The van der Waals surface area contributed by atoms with E-state index in [4.69, 9.17) is 0 Å². The predicted octanol–water partition coefficient (Wildman–Crippen LogP) is 2.41. The van der Waals surface area contributed by atoms with Gasteiger partial charge in [-0.2, -0.15) is 0 Å². The zero-order valence-electron chi connectivity index (χ0n) is 15.7. The van der Waals surface area contributed by atoms with E-state index in [0.717, 1.165) is 18.7 Å². The number of amides is 1. The highest BCUT2D eigenvalue weighted by Crippen LogP contribution is 2.27. The van der Waals surface area contributed by atoms with Gasteiger partial charge >= 0.3 is 0 Å². The third-order valence-electron chi connectivity index (χ3n) is 4.73. The maximum Gasteiger partial charge on any atom is 0.229 e.